The van der Waals surface area contributed by atoms with Crippen molar-refractivity contribution in [3.63, 3.8) is 0 Å². The van der Waals surface area contributed by atoms with Gasteiger partial charge in [0.15, 0.2) is 0 Å². The Morgan fingerprint density at radius 3 is 2.88 bits per heavy atom. The van der Waals surface area contributed by atoms with E-state index in [0.717, 1.165) is 68.1 Å². The minimum Gasteiger partial charge on any atom is -0.490 e. The first-order valence-electron chi connectivity index (χ1n) is 14.4. The van der Waals surface area contributed by atoms with Crippen LogP contribution >= 0.6 is 11.6 Å². The number of carbonyl (C=O) groups excluding carboxylic acids is 1. The topological polar surface area (TPSA) is 67.9 Å². The molecule has 1 N–H and O–H groups in total. The third kappa shape index (κ3) is 5.40. The molecule has 6 rings (SSSR count). The standard InChI is InChI=1S/C32H39ClN2O4S/c1-38-29-8-4-3-5-16-40(2,37)34-31(36)23-10-14-30-28(18-23)35(19-24-9-12-26(24)29)20-32(21-39-30)15-6-7-22-17-25(33)11-13-27(22)32/h4,8,10-11,13-14,17-18,24,26,29H,2-3,5-7,9,12,15-16,19-21H2,1H3,(H,34,36,37)/b8-4+/t24-,26+,29-,32-,40?/m0/s1. The van der Waals surface area contributed by atoms with Gasteiger partial charge < -0.3 is 14.4 Å². The van der Waals surface area contributed by atoms with Gasteiger partial charge >= 0.3 is 0 Å². The molecular weight excluding hydrogens is 544 g/mol. The highest BCUT2D eigenvalue weighted by molar-refractivity contribution is 7.99. The normalized spacial score (nSPS) is 33.0. The Kier molecular flexibility index (Phi) is 7.66. The second kappa shape index (κ2) is 11.1. The summed E-state index contributed by atoms with van der Waals surface area (Å²) in [6, 6.07) is 11.9. The predicted molar refractivity (Wildman–Crippen MR) is 163 cm³/mol. The van der Waals surface area contributed by atoms with Crippen LogP contribution in [0.4, 0.5) is 5.69 Å². The first-order valence-corrected chi connectivity index (χ1v) is 16.7. The molecule has 0 saturated heterocycles. The number of nitrogens with zero attached hydrogens (tertiary/aromatic N) is 1. The van der Waals surface area contributed by atoms with Crippen LogP contribution < -0.4 is 14.4 Å². The number of hydrogen-bond donors (Lipinski definition) is 1. The van der Waals surface area contributed by atoms with Crippen molar-refractivity contribution in [2.75, 3.05) is 37.5 Å². The molecule has 0 radical (unpaired) electrons. The lowest BCUT2D eigenvalue weighted by Crippen LogP contribution is -2.49. The molecule has 1 unspecified atom stereocenters. The van der Waals surface area contributed by atoms with Crippen molar-refractivity contribution in [3.05, 3.63) is 70.3 Å². The average Bonchev–Trinajstić information content (AvgIpc) is 3.06. The zero-order chi connectivity index (χ0) is 27.9. The number of fused-ring (bicyclic) bond motifs is 4. The molecule has 2 heterocycles. The maximum absolute atomic E-state index is 13.3. The highest BCUT2D eigenvalue weighted by Gasteiger charge is 2.44. The van der Waals surface area contributed by atoms with Gasteiger partial charge in [0.05, 0.1) is 18.4 Å². The Morgan fingerprint density at radius 2 is 2.08 bits per heavy atom. The van der Waals surface area contributed by atoms with E-state index in [-0.39, 0.29) is 17.4 Å². The van der Waals surface area contributed by atoms with E-state index < -0.39 is 9.71 Å². The monoisotopic (exact) mass is 582 g/mol. The maximum Gasteiger partial charge on any atom is 0.262 e. The van der Waals surface area contributed by atoms with E-state index in [0.29, 0.717) is 36.2 Å². The lowest BCUT2D eigenvalue weighted by atomic mass is 9.68. The smallest absolute Gasteiger partial charge is 0.262 e. The van der Waals surface area contributed by atoms with Crippen LogP contribution in [-0.4, -0.2) is 54.6 Å². The van der Waals surface area contributed by atoms with Gasteiger partial charge in [-0.3, -0.25) is 9.52 Å². The Morgan fingerprint density at radius 1 is 1.20 bits per heavy atom. The average molecular weight is 583 g/mol. The summed E-state index contributed by atoms with van der Waals surface area (Å²) in [6.07, 6.45) is 11.2. The summed E-state index contributed by atoms with van der Waals surface area (Å²) in [5, 5.41) is 0.771. The van der Waals surface area contributed by atoms with Crippen molar-refractivity contribution >= 4 is 38.8 Å². The van der Waals surface area contributed by atoms with Gasteiger partial charge in [-0.25, -0.2) is 4.21 Å². The summed E-state index contributed by atoms with van der Waals surface area (Å²) < 4.78 is 28.4. The van der Waals surface area contributed by atoms with E-state index in [2.05, 4.69) is 39.8 Å². The molecule has 0 aromatic heterocycles. The second-order valence-electron chi connectivity index (χ2n) is 12.0. The van der Waals surface area contributed by atoms with Crippen LogP contribution in [0.5, 0.6) is 5.75 Å². The number of halogens is 1. The number of carbonyl (C=O) groups is 1. The van der Waals surface area contributed by atoms with Crippen LogP contribution in [0.3, 0.4) is 0 Å². The zero-order valence-corrected chi connectivity index (χ0v) is 24.8. The number of amides is 1. The van der Waals surface area contributed by atoms with Crippen molar-refractivity contribution in [1.29, 1.82) is 0 Å². The third-order valence-corrected chi connectivity index (χ3v) is 11.1. The van der Waals surface area contributed by atoms with E-state index in [4.69, 9.17) is 21.1 Å². The van der Waals surface area contributed by atoms with Gasteiger partial charge in [-0.15, -0.1) is 0 Å². The van der Waals surface area contributed by atoms with Gasteiger partial charge in [0.1, 0.15) is 5.75 Å². The van der Waals surface area contributed by atoms with Crippen molar-refractivity contribution in [3.8, 4) is 5.75 Å². The van der Waals surface area contributed by atoms with Gasteiger partial charge in [0, 0.05) is 51.7 Å². The van der Waals surface area contributed by atoms with Crippen molar-refractivity contribution in [2.45, 2.75) is 56.5 Å². The van der Waals surface area contributed by atoms with Crippen molar-refractivity contribution in [2.24, 2.45) is 11.8 Å². The minimum absolute atomic E-state index is 0.0519. The minimum atomic E-state index is -2.76. The largest absolute Gasteiger partial charge is 0.490 e. The lowest BCUT2D eigenvalue weighted by Gasteiger charge is -2.46. The number of benzene rings is 2. The van der Waals surface area contributed by atoms with Gasteiger partial charge in [-0.1, -0.05) is 29.8 Å². The highest BCUT2D eigenvalue weighted by Crippen LogP contribution is 2.47. The summed E-state index contributed by atoms with van der Waals surface area (Å²) in [5.74, 6) is 5.50. The van der Waals surface area contributed by atoms with E-state index >= 15 is 0 Å². The summed E-state index contributed by atoms with van der Waals surface area (Å²) in [5.41, 5.74) is 3.84. The molecule has 4 aliphatic rings. The molecule has 2 aliphatic heterocycles. The Balaban J connectivity index is 1.42. The quantitative estimate of drug-likeness (QED) is 0.352. The molecule has 2 aromatic carbocycles. The summed E-state index contributed by atoms with van der Waals surface area (Å²) in [6.45, 7) is 2.22. The van der Waals surface area contributed by atoms with E-state index in [9.17, 15) is 9.00 Å². The maximum atomic E-state index is 13.3. The summed E-state index contributed by atoms with van der Waals surface area (Å²) in [7, 11) is -0.964. The fourth-order valence-electron chi connectivity index (χ4n) is 7.13. The molecule has 1 spiro atoms. The third-order valence-electron chi connectivity index (χ3n) is 9.37. The predicted octanol–water partition coefficient (Wildman–Crippen LogP) is 5.57. The molecule has 2 aromatic rings. The van der Waals surface area contributed by atoms with Crippen molar-refractivity contribution < 1.29 is 18.5 Å². The van der Waals surface area contributed by atoms with Crippen molar-refractivity contribution in [1.82, 2.24) is 4.72 Å². The SMILES string of the molecule is C=S1(=O)CCC/C=C/[C@H](OC)[C@@H]2CC[C@H]2CN2C[C@@]3(CCCc4cc(Cl)ccc43)COc3ccc(cc32)C(=O)N1. The molecule has 6 nitrogen and oxygen atoms in total. The number of methoxy groups -OCH3 is 1. The first kappa shape index (κ1) is 27.7. The van der Waals surface area contributed by atoms with Crippen LogP contribution in [0, 0.1) is 11.8 Å². The molecule has 214 valence electrons. The molecule has 5 atom stereocenters. The second-order valence-corrected chi connectivity index (χ2v) is 14.7. The van der Waals surface area contributed by atoms with Crippen LogP contribution in [-0.2, 0) is 26.3 Å². The van der Waals surface area contributed by atoms with Crippen LogP contribution in [0.1, 0.15) is 60.0 Å². The molecule has 1 fully saturated rings. The van der Waals surface area contributed by atoms with Crippen LogP contribution in [0.25, 0.3) is 0 Å². The number of anilines is 1. The molecule has 1 amide bonds. The zero-order valence-electron chi connectivity index (χ0n) is 23.2. The number of rotatable bonds is 1. The fourth-order valence-corrected chi connectivity index (χ4v) is 8.52. The molecule has 2 bridgehead atoms. The van der Waals surface area contributed by atoms with Gasteiger partial charge in [-0.05, 0) is 104 Å². The molecular formula is C32H39ClN2O4S. The summed E-state index contributed by atoms with van der Waals surface area (Å²) >= 11 is 6.40. The number of hydrogen-bond acceptors (Lipinski definition) is 5. The number of ether oxygens (including phenoxy) is 2. The number of allylic oxidation sites excluding steroid dienone is 1. The fraction of sp³-hybridized carbons (Fsp3) is 0.500. The van der Waals surface area contributed by atoms with Crippen LogP contribution in [0.2, 0.25) is 5.02 Å². The number of aryl methyl sites for hydroxylation is 1. The first-order chi connectivity index (χ1) is 19.3. The van der Waals surface area contributed by atoms with E-state index in [1.54, 1.807) is 13.2 Å². The molecule has 8 heteroatoms. The van der Waals surface area contributed by atoms with E-state index in [1.807, 2.05) is 18.2 Å². The Labute approximate surface area is 243 Å². The molecule has 2 aliphatic carbocycles. The van der Waals surface area contributed by atoms with Gasteiger partial charge in [0.2, 0.25) is 0 Å². The Bertz CT molecular complexity index is 1420. The summed E-state index contributed by atoms with van der Waals surface area (Å²) in [4.78, 5) is 15.7. The van der Waals surface area contributed by atoms with Crippen LogP contribution in [0.15, 0.2) is 48.6 Å². The highest BCUT2D eigenvalue weighted by atomic mass is 35.5. The Hall–Kier alpha value is -2.48. The van der Waals surface area contributed by atoms with Gasteiger partial charge in [0.25, 0.3) is 5.91 Å². The molecule has 1 saturated carbocycles. The molecule has 40 heavy (non-hydrogen) atoms. The lowest BCUT2D eigenvalue weighted by molar-refractivity contribution is 0.0132. The van der Waals surface area contributed by atoms with Gasteiger partial charge in [-0.2, -0.15) is 0 Å². The number of nitrogens with one attached hydrogen (secondary N) is 1. The van der Waals surface area contributed by atoms with E-state index in [1.165, 1.54) is 11.1 Å².